The number of benzene rings is 1. The molecule has 0 bridgehead atoms. The highest BCUT2D eigenvalue weighted by atomic mass is 35.5. The normalized spacial score (nSPS) is 11.0. The van der Waals surface area contributed by atoms with Crippen molar-refractivity contribution in [2.75, 3.05) is 5.32 Å². The number of thioether (sulfide) groups is 1. The van der Waals surface area contributed by atoms with Crippen LogP contribution >= 0.6 is 23.4 Å². The van der Waals surface area contributed by atoms with E-state index in [2.05, 4.69) is 20.3 Å². The number of halogens is 1. The summed E-state index contributed by atoms with van der Waals surface area (Å²) in [5, 5.41) is 4.57. The molecule has 4 aromatic rings. The Kier molecular flexibility index (Phi) is 5.51. The number of aromatic nitrogens is 3. The Morgan fingerprint density at radius 1 is 1.14 bits per heavy atom. The zero-order chi connectivity index (χ0) is 20.4. The van der Waals surface area contributed by atoms with Gasteiger partial charge in [0.1, 0.15) is 16.7 Å². The van der Waals surface area contributed by atoms with Crippen LogP contribution in [0.4, 0.5) is 5.82 Å². The molecule has 0 atom stereocenters. The molecule has 0 saturated carbocycles. The van der Waals surface area contributed by atoms with Crippen LogP contribution in [0.3, 0.4) is 0 Å². The van der Waals surface area contributed by atoms with Crippen molar-refractivity contribution in [2.45, 2.75) is 24.8 Å². The van der Waals surface area contributed by atoms with Crippen molar-refractivity contribution in [3.63, 3.8) is 0 Å². The molecule has 0 aliphatic heterocycles. The van der Waals surface area contributed by atoms with Gasteiger partial charge in [-0.1, -0.05) is 47.6 Å². The smallest absolute Gasteiger partial charge is 0.256 e. The number of furan rings is 1. The summed E-state index contributed by atoms with van der Waals surface area (Å²) in [6, 6.07) is 12.7. The summed E-state index contributed by atoms with van der Waals surface area (Å²) in [6.07, 6.45) is 1.72. The molecular formula is C21H17ClN4O2S. The van der Waals surface area contributed by atoms with Crippen LogP contribution in [-0.2, 0) is 5.75 Å². The molecule has 0 radical (unpaired) electrons. The standard InChI is InChI=1S/C21H17ClN4O2S/c1-12-13(2)28-20-17(12)18(24-19(27)15-6-4-3-5-7-15)25-21(26-20)29-11-14-8-9-16(22)23-10-14/h3-10H,11H2,1-2H3,(H,24,25,26,27). The van der Waals surface area contributed by atoms with E-state index in [9.17, 15) is 4.79 Å². The number of hydrogen-bond donors (Lipinski definition) is 1. The van der Waals surface area contributed by atoms with Gasteiger partial charge in [-0.25, -0.2) is 9.97 Å². The van der Waals surface area contributed by atoms with Gasteiger partial charge < -0.3 is 9.73 Å². The van der Waals surface area contributed by atoms with E-state index in [-0.39, 0.29) is 5.91 Å². The van der Waals surface area contributed by atoms with E-state index in [4.69, 9.17) is 16.0 Å². The van der Waals surface area contributed by atoms with E-state index in [0.717, 1.165) is 16.9 Å². The Balaban J connectivity index is 1.66. The average molecular weight is 425 g/mol. The van der Waals surface area contributed by atoms with Gasteiger partial charge in [0, 0.05) is 23.1 Å². The molecule has 0 saturated heterocycles. The van der Waals surface area contributed by atoms with E-state index < -0.39 is 0 Å². The summed E-state index contributed by atoms with van der Waals surface area (Å²) in [5.41, 5.74) is 2.90. The summed E-state index contributed by atoms with van der Waals surface area (Å²) in [6.45, 7) is 3.79. The number of carbonyl (C=O) groups is 1. The van der Waals surface area contributed by atoms with Gasteiger partial charge in [0.15, 0.2) is 5.16 Å². The van der Waals surface area contributed by atoms with Crippen LogP contribution in [0.5, 0.6) is 0 Å². The van der Waals surface area contributed by atoms with Crippen LogP contribution in [0.15, 0.2) is 58.2 Å². The third kappa shape index (κ3) is 4.26. The molecule has 3 aromatic heterocycles. The molecule has 1 N–H and O–H groups in total. The van der Waals surface area contributed by atoms with Crippen molar-refractivity contribution < 1.29 is 9.21 Å². The van der Waals surface area contributed by atoms with Gasteiger partial charge in [0.25, 0.3) is 5.91 Å². The number of amides is 1. The van der Waals surface area contributed by atoms with Crippen molar-refractivity contribution in [1.82, 2.24) is 15.0 Å². The number of carbonyl (C=O) groups excluding carboxylic acids is 1. The molecule has 29 heavy (non-hydrogen) atoms. The second kappa shape index (κ2) is 8.23. The molecule has 3 heterocycles. The first-order valence-corrected chi connectivity index (χ1v) is 10.2. The summed E-state index contributed by atoms with van der Waals surface area (Å²) in [4.78, 5) is 25.9. The molecule has 6 nitrogen and oxygen atoms in total. The first-order chi connectivity index (χ1) is 14.0. The molecule has 1 amide bonds. The fourth-order valence-corrected chi connectivity index (χ4v) is 3.68. The fourth-order valence-electron chi connectivity index (χ4n) is 2.79. The molecule has 1 aromatic carbocycles. The molecule has 0 aliphatic carbocycles. The van der Waals surface area contributed by atoms with Crippen LogP contribution in [0, 0.1) is 13.8 Å². The zero-order valence-electron chi connectivity index (χ0n) is 15.8. The molecule has 0 aliphatic rings. The summed E-state index contributed by atoms with van der Waals surface area (Å²) in [7, 11) is 0. The predicted octanol–water partition coefficient (Wildman–Crippen LogP) is 5.43. The highest BCUT2D eigenvalue weighted by molar-refractivity contribution is 7.98. The third-order valence-electron chi connectivity index (χ3n) is 4.43. The zero-order valence-corrected chi connectivity index (χ0v) is 17.3. The molecule has 146 valence electrons. The van der Waals surface area contributed by atoms with Crippen LogP contribution in [-0.4, -0.2) is 20.9 Å². The second-order valence-corrected chi connectivity index (χ2v) is 7.75. The van der Waals surface area contributed by atoms with Crippen molar-refractivity contribution in [3.05, 3.63) is 76.3 Å². The highest BCUT2D eigenvalue weighted by Crippen LogP contribution is 2.32. The number of anilines is 1. The fraction of sp³-hybridized carbons (Fsp3) is 0.143. The number of pyridine rings is 1. The summed E-state index contributed by atoms with van der Waals surface area (Å²) in [5.74, 6) is 1.56. The first-order valence-electron chi connectivity index (χ1n) is 8.88. The van der Waals surface area contributed by atoms with Gasteiger partial charge in [-0.05, 0) is 37.6 Å². The van der Waals surface area contributed by atoms with Crippen molar-refractivity contribution in [2.24, 2.45) is 0 Å². The Hall–Kier alpha value is -2.90. The Morgan fingerprint density at radius 2 is 1.93 bits per heavy atom. The number of fused-ring (bicyclic) bond motifs is 1. The minimum absolute atomic E-state index is 0.235. The maximum Gasteiger partial charge on any atom is 0.256 e. The number of nitrogens with one attached hydrogen (secondary N) is 1. The minimum atomic E-state index is -0.235. The first kappa shape index (κ1) is 19.4. The largest absolute Gasteiger partial charge is 0.443 e. The van der Waals surface area contributed by atoms with Gasteiger partial charge in [-0.2, -0.15) is 4.98 Å². The maximum absolute atomic E-state index is 12.7. The number of rotatable bonds is 5. The van der Waals surface area contributed by atoms with Gasteiger partial charge >= 0.3 is 0 Å². The lowest BCUT2D eigenvalue weighted by Gasteiger charge is -2.08. The highest BCUT2D eigenvalue weighted by Gasteiger charge is 2.18. The lowest BCUT2D eigenvalue weighted by atomic mass is 10.2. The predicted molar refractivity (Wildman–Crippen MR) is 114 cm³/mol. The van der Waals surface area contributed by atoms with E-state index >= 15 is 0 Å². The summed E-state index contributed by atoms with van der Waals surface area (Å²) < 4.78 is 5.79. The van der Waals surface area contributed by atoms with Gasteiger partial charge in [-0.3, -0.25) is 4.79 Å². The van der Waals surface area contributed by atoms with E-state index in [1.54, 1.807) is 24.4 Å². The lowest BCUT2D eigenvalue weighted by molar-refractivity contribution is 0.102. The van der Waals surface area contributed by atoms with Crippen LogP contribution in [0.2, 0.25) is 5.15 Å². The number of aryl methyl sites for hydroxylation is 2. The Labute approximate surface area is 176 Å². The van der Waals surface area contributed by atoms with E-state index in [1.165, 1.54) is 11.8 Å². The SMILES string of the molecule is Cc1oc2nc(SCc3ccc(Cl)nc3)nc(NC(=O)c3ccccc3)c2c1C. The Bertz CT molecular complexity index is 1180. The number of nitrogens with zero attached hydrogens (tertiary/aromatic N) is 3. The third-order valence-corrected chi connectivity index (χ3v) is 5.57. The van der Waals surface area contributed by atoms with Gasteiger partial charge in [-0.15, -0.1) is 0 Å². The quantitative estimate of drug-likeness (QED) is 0.261. The molecule has 4 rings (SSSR count). The van der Waals surface area contributed by atoms with E-state index in [1.807, 2.05) is 38.1 Å². The maximum atomic E-state index is 12.7. The van der Waals surface area contributed by atoms with Gasteiger partial charge in [0.2, 0.25) is 5.71 Å². The monoisotopic (exact) mass is 424 g/mol. The minimum Gasteiger partial charge on any atom is -0.443 e. The second-order valence-electron chi connectivity index (χ2n) is 6.42. The van der Waals surface area contributed by atoms with Crippen LogP contribution < -0.4 is 5.32 Å². The van der Waals surface area contributed by atoms with Crippen molar-refractivity contribution in [1.29, 1.82) is 0 Å². The number of hydrogen-bond acceptors (Lipinski definition) is 6. The lowest BCUT2D eigenvalue weighted by Crippen LogP contribution is -2.13. The van der Waals surface area contributed by atoms with Crippen LogP contribution in [0.25, 0.3) is 11.1 Å². The molecule has 8 heteroatoms. The van der Waals surface area contributed by atoms with E-state index in [0.29, 0.717) is 38.5 Å². The average Bonchev–Trinajstić information content (AvgIpc) is 3.02. The van der Waals surface area contributed by atoms with Crippen LogP contribution in [0.1, 0.15) is 27.2 Å². The van der Waals surface area contributed by atoms with Gasteiger partial charge in [0.05, 0.1) is 5.39 Å². The molecule has 0 fully saturated rings. The summed E-state index contributed by atoms with van der Waals surface area (Å²) >= 11 is 7.27. The molecule has 0 unspecified atom stereocenters. The molecular weight excluding hydrogens is 408 g/mol. The molecule has 0 spiro atoms. The van der Waals surface area contributed by atoms with Crippen molar-refractivity contribution in [3.8, 4) is 0 Å². The topological polar surface area (TPSA) is 80.9 Å². The Morgan fingerprint density at radius 3 is 2.66 bits per heavy atom. The van der Waals surface area contributed by atoms with Crippen molar-refractivity contribution >= 4 is 46.2 Å².